The minimum absolute atomic E-state index is 0.0159. The molecule has 2 aliphatic rings. The summed E-state index contributed by atoms with van der Waals surface area (Å²) in [5, 5.41) is 8.57. The van der Waals surface area contributed by atoms with Gasteiger partial charge in [0.1, 0.15) is 0 Å². The number of hydrogen-bond acceptors (Lipinski definition) is 2. The molecular weight excluding hydrogens is 444 g/mol. The van der Waals surface area contributed by atoms with E-state index in [-0.39, 0.29) is 23.9 Å². The SMILES string of the molecule is CC(C)CC1CCCC(NC(=O)c2ccc3cc(C(=O)NC4CCCC(CC(C)C)C4)ccc3c2)C1. The average molecular weight is 491 g/mol. The molecule has 4 rings (SSSR count). The third kappa shape index (κ3) is 7.33. The highest BCUT2D eigenvalue weighted by atomic mass is 16.2. The number of carbonyl (C=O) groups excluding carboxylic acids is 2. The lowest BCUT2D eigenvalue weighted by atomic mass is 9.81. The molecule has 0 aliphatic heterocycles. The Hall–Kier alpha value is -2.36. The minimum atomic E-state index is 0.0159. The van der Waals surface area contributed by atoms with Crippen molar-refractivity contribution in [2.45, 2.75) is 104 Å². The highest BCUT2D eigenvalue weighted by Crippen LogP contribution is 2.31. The molecule has 4 nitrogen and oxygen atoms in total. The van der Waals surface area contributed by atoms with Crippen LogP contribution >= 0.6 is 0 Å². The van der Waals surface area contributed by atoms with Crippen LogP contribution in [0.2, 0.25) is 0 Å². The maximum absolute atomic E-state index is 13.0. The van der Waals surface area contributed by atoms with E-state index in [1.54, 1.807) is 0 Å². The van der Waals surface area contributed by atoms with Gasteiger partial charge in [-0.15, -0.1) is 0 Å². The van der Waals surface area contributed by atoms with E-state index in [2.05, 4.69) is 38.3 Å². The van der Waals surface area contributed by atoms with Crippen LogP contribution in [-0.4, -0.2) is 23.9 Å². The summed E-state index contributed by atoms with van der Waals surface area (Å²) in [5.74, 6) is 2.90. The quantitative estimate of drug-likeness (QED) is 0.402. The lowest BCUT2D eigenvalue weighted by Gasteiger charge is -2.31. The summed E-state index contributed by atoms with van der Waals surface area (Å²) in [7, 11) is 0. The molecule has 0 aromatic heterocycles. The summed E-state index contributed by atoms with van der Waals surface area (Å²) in [5.41, 5.74) is 1.40. The molecule has 0 bridgehead atoms. The van der Waals surface area contributed by atoms with Gasteiger partial charge in [-0.25, -0.2) is 0 Å². The Balaban J connectivity index is 1.36. The predicted octanol–water partition coefficient (Wildman–Crippen LogP) is 7.51. The minimum Gasteiger partial charge on any atom is -0.349 e. The second kappa shape index (κ2) is 12.3. The van der Waals surface area contributed by atoms with Crippen molar-refractivity contribution < 1.29 is 9.59 Å². The van der Waals surface area contributed by atoms with Gasteiger partial charge in [0, 0.05) is 23.2 Å². The topological polar surface area (TPSA) is 58.2 Å². The van der Waals surface area contributed by atoms with Crippen molar-refractivity contribution in [3.63, 3.8) is 0 Å². The van der Waals surface area contributed by atoms with Crippen LogP contribution in [0.3, 0.4) is 0 Å². The van der Waals surface area contributed by atoms with Crippen molar-refractivity contribution in [1.82, 2.24) is 10.6 Å². The molecule has 0 heterocycles. The van der Waals surface area contributed by atoms with E-state index < -0.39 is 0 Å². The molecule has 0 radical (unpaired) electrons. The van der Waals surface area contributed by atoms with Crippen LogP contribution in [0.4, 0.5) is 0 Å². The first-order valence-corrected chi connectivity index (χ1v) is 14.4. The molecule has 2 fully saturated rings. The Morgan fingerprint density at radius 3 is 1.50 bits per heavy atom. The van der Waals surface area contributed by atoms with Crippen molar-refractivity contribution >= 4 is 22.6 Å². The summed E-state index contributed by atoms with van der Waals surface area (Å²) in [6, 6.07) is 12.2. The molecule has 4 unspecified atom stereocenters. The summed E-state index contributed by atoms with van der Waals surface area (Å²) in [4.78, 5) is 26.0. The maximum Gasteiger partial charge on any atom is 0.251 e. The van der Waals surface area contributed by atoms with Crippen molar-refractivity contribution in [2.24, 2.45) is 23.7 Å². The van der Waals surface area contributed by atoms with Crippen LogP contribution in [0, 0.1) is 23.7 Å². The summed E-state index contributed by atoms with van der Waals surface area (Å²) < 4.78 is 0. The molecule has 0 saturated heterocycles. The van der Waals surface area contributed by atoms with Gasteiger partial charge in [-0.3, -0.25) is 9.59 Å². The Morgan fingerprint density at radius 2 is 1.11 bits per heavy atom. The first-order chi connectivity index (χ1) is 17.3. The van der Waals surface area contributed by atoms with Gasteiger partial charge in [-0.1, -0.05) is 65.5 Å². The highest BCUT2D eigenvalue weighted by molar-refractivity contribution is 6.02. The average Bonchev–Trinajstić information content (AvgIpc) is 2.83. The lowest BCUT2D eigenvalue weighted by molar-refractivity contribution is 0.0908. The van der Waals surface area contributed by atoms with Crippen molar-refractivity contribution in [3.05, 3.63) is 47.5 Å². The zero-order chi connectivity index (χ0) is 25.7. The number of fused-ring (bicyclic) bond motifs is 1. The van der Waals surface area contributed by atoms with Gasteiger partial charge in [-0.05, 0) is 97.2 Å². The fourth-order valence-electron chi connectivity index (χ4n) is 6.67. The van der Waals surface area contributed by atoms with Crippen LogP contribution in [0.1, 0.15) is 113 Å². The van der Waals surface area contributed by atoms with E-state index >= 15 is 0 Å². The molecule has 196 valence electrons. The molecule has 2 N–H and O–H groups in total. The van der Waals surface area contributed by atoms with E-state index in [0.29, 0.717) is 23.0 Å². The van der Waals surface area contributed by atoms with Crippen LogP contribution in [0.15, 0.2) is 36.4 Å². The smallest absolute Gasteiger partial charge is 0.251 e. The maximum atomic E-state index is 13.0. The Kier molecular flexibility index (Phi) is 9.09. The predicted molar refractivity (Wildman–Crippen MR) is 149 cm³/mol. The molecule has 0 spiro atoms. The molecule has 2 aliphatic carbocycles. The summed E-state index contributed by atoms with van der Waals surface area (Å²) in [6.45, 7) is 9.13. The Morgan fingerprint density at radius 1 is 0.694 bits per heavy atom. The summed E-state index contributed by atoms with van der Waals surface area (Å²) in [6.07, 6.45) is 11.8. The van der Waals surface area contributed by atoms with E-state index in [4.69, 9.17) is 0 Å². The molecule has 4 atom stereocenters. The number of carbonyl (C=O) groups is 2. The second-order valence-electron chi connectivity index (χ2n) is 12.4. The van der Waals surface area contributed by atoms with E-state index in [0.717, 1.165) is 48.3 Å². The normalized spacial score (nSPS) is 24.7. The monoisotopic (exact) mass is 490 g/mol. The standard InChI is InChI=1S/C32H46N2O2/c1-21(2)15-23-7-5-9-29(17-23)33-31(35)27-13-11-26-20-28(14-12-25(26)19-27)32(36)34-30-10-6-8-24(18-30)16-22(3)4/h11-14,19-24,29-30H,5-10,15-18H2,1-4H3,(H,33,35)(H,34,36). The highest BCUT2D eigenvalue weighted by Gasteiger charge is 2.25. The number of benzene rings is 2. The second-order valence-corrected chi connectivity index (χ2v) is 12.4. The van der Waals surface area contributed by atoms with E-state index in [1.807, 2.05) is 36.4 Å². The van der Waals surface area contributed by atoms with Gasteiger partial charge < -0.3 is 10.6 Å². The fraction of sp³-hybridized carbons (Fsp3) is 0.625. The Bertz CT molecular complexity index is 960. The van der Waals surface area contributed by atoms with Crippen molar-refractivity contribution in [2.75, 3.05) is 0 Å². The number of rotatable bonds is 8. The van der Waals surface area contributed by atoms with Gasteiger partial charge in [0.15, 0.2) is 0 Å². The number of hydrogen-bond donors (Lipinski definition) is 2. The van der Waals surface area contributed by atoms with Gasteiger partial charge in [0.05, 0.1) is 0 Å². The number of amides is 2. The van der Waals surface area contributed by atoms with Gasteiger partial charge in [0.25, 0.3) is 11.8 Å². The van der Waals surface area contributed by atoms with Crippen LogP contribution < -0.4 is 10.6 Å². The zero-order valence-electron chi connectivity index (χ0n) is 22.8. The first-order valence-electron chi connectivity index (χ1n) is 14.4. The molecule has 36 heavy (non-hydrogen) atoms. The van der Waals surface area contributed by atoms with E-state index in [9.17, 15) is 9.59 Å². The molecule has 2 amide bonds. The molecule has 2 aromatic carbocycles. The van der Waals surface area contributed by atoms with Gasteiger partial charge in [-0.2, -0.15) is 0 Å². The third-order valence-electron chi connectivity index (χ3n) is 8.21. The van der Waals surface area contributed by atoms with Crippen LogP contribution in [0.25, 0.3) is 10.8 Å². The van der Waals surface area contributed by atoms with Crippen molar-refractivity contribution in [1.29, 1.82) is 0 Å². The third-order valence-corrected chi connectivity index (χ3v) is 8.21. The molecular formula is C32H46N2O2. The fourth-order valence-corrected chi connectivity index (χ4v) is 6.67. The summed E-state index contributed by atoms with van der Waals surface area (Å²) >= 11 is 0. The van der Waals surface area contributed by atoms with E-state index in [1.165, 1.54) is 38.5 Å². The lowest BCUT2D eigenvalue weighted by Crippen LogP contribution is -2.38. The van der Waals surface area contributed by atoms with Crippen molar-refractivity contribution in [3.8, 4) is 0 Å². The van der Waals surface area contributed by atoms with Crippen LogP contribution in [-0.2, 0) is 0 Å². The molecule has 2 aromatic rings. The van der Waals surface area contributed by atoms with Gasteiger partial charge >= 0.3 is 0 Å². The zero-order valence-corrected chi connectivity index (χ0v) is 22.8. The largest absolute Gasteiger partial charge is 0.349 e. The van der Waals surface area contributed by atoms with Crippen LogP contribution in [0.5, 0.6) is 0 Å². The Labute approximate surface area is 218 Å². The first kappa shape index (κ1) is 26.7. The van der Waals surface area contributed by atoms with Gasteiger partial charge in [0.2, 0.25) is 0 Å². The number of nitrogens with one attached hydrogen (secondary N) is 2. The molecule has 4 heteroatoms. The molecule has 2 saturated carbocycles.